The molecule has 0 unspecified atom stereocenters. The molecule has 1 aromatic carbocycles. The quantitative estimate of drug-likeness (QED) is 0.527. The minimum atomic E-state index is 0.529. The van der Waals surface area contributed by atoms with E-state index >= 15 is 0 Å². The average molecular weight is 277 g/mol. The van der Waals surface area contributed by atoms with Gasteiger partial charge in [-0.1, -0.05) is 41.6 Å². The molecule has 5 heteroatoms. The van der Waals surface area contributed by atoms with Crippen LogP contribution in [0, 0.1) is 6.92 Å². The maximum absolute atomic E-state index is 5.75. The molecule has 0 amide bonds. The Labute approximate surface area is 116 Å². The van der Waals surface area contributed by atoms with E-state index < -0.39 is 0 Å². The smallest absolute Gasteiger partial charge is 0.190 e. The third kappa shape index (κ3) is 3.65. The van der Waals surface area contributed by atoms with E-state index in [-0.39, 0.29) is 0 Å². The molecule has 0 aliphatic rings. The Bertz CT molecular complexity index is 544. The summed E-state index contributed by atoms with van der Waals surface area (Å²) in [6, 6.07) is 10.3. The van der Waals surface area contributed by atoms with Gasteiger partial charge in [0.2, 0.25) is 0 Å². The molecule has 0 saturated heterocycles. The van der Waals surface area contributed by atoms with E-state index in [1.165, 1.54) is 22.9 Å². The second-order valence-electron chi connectivity index (χ2n) is 3.90. The number of rotatable bonds is 4. The Kier molecular flexibility index (Phi) is 4.49. The van der Waals surface area contributed by atoms with E-state index in [0.29, 0.717) is 5.82 Å². The molecule has 0 spiro atoms. The van der Waals surface area contributed by atoms with Gasteiger partial charge in [-0.2, -0.15) is 0 Å². The van der Waals surface area contributed by atoms with Crippen LogP contribution in [0.2, 0.25) is 0 Å². The largest absolute Gasteiger partial charge is 0.384 e. The summed E-state index contributed by atoms with van der Waals surface area (Å²) in [5, 5.41) is 1.65. The van der Waals surface area contributed by atoms with Crippen molar-refractivity contribution in [2.45, 2.75) is 22.9 Å². The van der Waals surface area contributed by atoms with Crippen LogP contribution in [0.1, 0.15) is 11.1 Å². The van der Waals surface area contributed by atoms with Gasteiger partial charge in [-0.25, -0.2) is 9.97 Å². The molecule has 0 aliphatic heterocycles. The zero-order valence-electron chi connectivity index (χ0n) is 10.4. The lowest BCUT2D eigenvalue weighted by Gasteiger charge is -2.04. The van der Waals surface area contributed by atoms with Crippen molar-refractivity contribution < 1.29 is 0 Å². The highest BCUT2D eigenvalue weighted by atomic mass is 32.2. The summed E-state index contributed by atoms with van der Waals surface area (Å²) in [4.78, 5) is 8.56. The van der Waals surface area contributed by atoms with Crippen LogP contribution < -0.4 is 5.73 Å². The summed E-state index contributed by atoms with van der Waals surface area (Å²) >= 11 is 3.19. The lowest BCUT2D eigenvalue weighted by Crippen LogP contribution is -1.96. The van der Waals surface area contributed by atoms with Gasteiger partial charge in [-0.3, -0.25) is 0 Å². The van der Waals surface area contributed by atoms with Crippen molar-refractivity contribution in [2.75, 3.05) is 12.0 Å². The van der Waals surface area contributed by atoms with E-state index in [2.05, 4.69) is 41.2 Å². The van der Waals surface area contributed by atoms with Crippen molar-refractivity contribution in [3.05, 3.63) is 41.5 Å². The van der Waals surface area contributed by atoms with E-state index in [1.807, 2.05) is 12.3 Å². The minimum Gasteiger partial charge on any atom is -0.384 e. The van der Waals surface area contributed by atoms with Gasteiger partial charge in [-0.15, -0.1) is 11.8 Å². The van der Waals surface area contributed by atoms with Crippen LogP contribution in [0.15, 0.2) is 40.5 Å². The highest BCUT2D eigenvalue weighted by molar-refractivity contribution is 7.99. The van der Waals surface area contributed by atoms with Crippen molar-refractivity contribution in [3.63, 3.8) is 0 Å². The van der Waals surface area contributed by atoms with Crippen LogP contribution in [-0.4, -0.2) is 16.2 Å². The van der Waals surface area contributed by atoms with Crippen LogP contribution in [-0.2, 0) is 5.75 Å². The molecule has 0 saturated carbocycles. The second-order valence-corrected chi connectivity index (χ2v) is 5.66. The van der Waals surface area contributed by atoms with Gasteiger partial charge in [0.15, 0.2) is 5.16 Å². The third-order valence-electron chi connectivity index (χ3n) is 2.35. The monoisotopic (exact) mass is 277 g/mol. The standard InChI is InChI=1S/C13H15N3S2/c1-9-4-3-5-10(6-9)8-18-12-7-11(14)15-13(16-12)17-2/h3-7H,8H2,1-2H3,(H2,14,15,16). The molecule has 1 heterocycles. The molecule has 18 heavy (non-hydrogen) atoms. The Morgan fingerprint density at radius 3 is 2.78 bits per heavy atom. The normalized spacial score (nSPS) is 10.6. The van der Waals surface area contributed by atoms with Crippen molar-refractivity contribution in [1.29, 1.82) is 0 Å². The van der Waals surface area contributed by atoms with Crippen LogP contribution in [0.4, 0.5) is 5.82 Å². The Morgan fingerprint density at radius 1 is 1.22 bits per heavy atom. The highest BCUT2D eigenvalue weighted by Crippen LogP contribution is 2.24. The topological polar surface area (TPSA) is 51.8 Å². The van der Waals surface area contributed by atoms with E-state index in [0.717, 1.165) is 15.9 Å². The van der Waals surface area contributed by atoms with E-state index in [1.54, 1.807) is 11.8 Å². The maximum Gasteiger partial charge on any atom is 0.190 e. The fourth-order valence-corrected chi connectivity index (χ4v) is 2.84. The number of nitrogen functional groups attached to an aromatic ring is 1. The fourth-order valence-electron chi connectivity index (χ4n) is 1.55. The molecule has 0 radical (unpaired) electrons. The zero-order valence-corrected chi connectivity index (χ0v) is 12.0. The molecule has 0 atom stereocenters. The zero-order chi connectivity index (χ0) is 13.0. The average Bonchev–Trinajstić information content (AvgIpc) is 2.36. The summed E-state index contributed by atoms with van der Waals surface area (Å²) in [7, 11) is 0. The van der Waals surface area contributed by atoms with Crippen LogP contribution in [0.25, 0.3) is 0 Å². The summed E-state index contributed by atoms with van der Waals surface area (Å²) in [5.74, 6) is 1.42. The van der Waals surface area contributed by atoms with Crippen molar-refractivity contribution in [1.82, 2.24) is 9.97 Å². The molecule has 0 aliphatic carbocycles. The van der Waals surface area contributed by atoms with Crippen LogP contribution in [0.3, 0.4) is 0 Å². The first-order valence-corrected chi connectivity index (χ1v) is 7.75. The number of nitrogens with two attached hydrogens (primary N) is 1. The minimum absolute atomic E-state index is 0.529. The predicted molar refractivity (Wildman–Crippen MR) is 79.0 cm³/mol. The molecular formula is C13H15N3S2. The van der Waals surface area contributed by atoms with Gasteiger partial charge in [0, 0.05) is 11.8 Å². The van der Waals surface area contributed by atoms with Crippen molar-refractivity contribution in [2.24, 2.45) is 0 Å². The van der Waals surface area contributed by atoms with Crippen LogP contribution >= 0.6 is 23.5 Å². The van der Waals surface area contributed by atoms with Gasteiger partial charge in [0.25, 0.3) is 0 Å². The number of anilines is 1. The Balaban J connectivity index is 2.08. The molecule has 2 aromatic rings. The summed E-state index contributed by atoms with van der Waals surface area (Å²) in [6.45, 7) is 2.10. The summed E-state index contributed by atoms with van der Waals surface area (Å²) in [5.41, 5.74) is 8.32. The highest BCUT2D eigenvalue weighted by Gasteiger charge is 2.03. The number of benzene rings is 1. The van der Waals surface area contributed by atoms with Gasteiger partial charge in [0.05, 0.1) is 0 Å². The first-order valence-electron chi connectivity index (χ1n) is 5.54. The number of aromatic nitrogens is 2. The van der Waals surface area contributed by atoms with E-state index in [4.69, 9.17) is 5.73 Å². The summed E-state index contributed by atoms with van der Waals surface area (Å²) in [6.07, 6.45) is 1.95. The number of hydrogen-bond donors (Lipinski definition) is 1. The Hall–Kier alpha value is -1.20. The molecule has 94 valence electrons. The molecule has 2 rings (SSSR count). The molecule has 3 nitrogen and oxygen atoms in total. The van der Waals surface area contributed by atoms with Gasteiger partial charge in [0.1, 0.15) is 10.8 Å². The molecule has 0 bridgehead atoms. The number of aryl methyl sites for hydroxylation is 1. The molecular weight excluding hydrogens is 262 g/mol. The molecule has 2 N–H and O–H groups in total. The number of thioether (sulfide) groups is 2. The number of nitrogens with zero attached hydrogens (tertiary/aromatic N) is 2. The first-order chi connectivity index (χ1) is 8.67. The van der Waals surface area contributed by atoms with Gasteiger partial charge < -0.3 is 5.73 Å². The molecule has 0 fully saturated rings. The van der Waals surface area contributed by atoms with Crippen LogP contribution in [0.5, 0.6) is 0 Å². The van der Waals surface area contributed by atoms with Crippen molar-refractivity contribution in [3.8, 4) is 0 Å². The lowest BCUT2D eigenvalue weighted by molar-refractivity contribution is 0.902. The third-order valence-corrected chi connectivity index (χ3v) is 3.88. The van der Waals surface area contributed by atoms with Gasteiger partial charge in [-0.05, 0) is 18.7 Å². The second kappa shape index (κ2) is 6.11. The molecule has 1 aromatic heterocycles. The lowest BCUT2D eigenvalue weighted by atomic mass is 10.2. The SMILES string of the molecule is CSc1nc(N)cc(SCc2cccc(C)c2)n1. The summed E-state index contributed by atoms with van der Waals surface area (Å²) < 4.78 is 0. The predicted octanol–water partition coefficient (Wildman–Crippen LogP) is 3.38. The first kappa shape index (κ1) is 13.2. The maximum atomic E-state index is 5.75. The number of hydrogen-bond acceptors (Lipinski definition) is 5. The van der Waals surface area contributed by atoms with Gasteiger partial charge >= 0.3 is 0 Å². The van der Waals surface area contributed by atoms with Crippen molar-refractivity contribution >= 4 is 29.3 Å². The fraction of sp³-hybridized carbons (Fsp3) is 0.231. The Morgan fingerprint density at radius 2 is 2.06 bits per heavy atom. The van der Waals surface area contributed by atoms with E-state index in [9.17, 15) is 0 Å².